The maximum absolute atomic E-state index is 12.3. The molecule has 1 amide bonds. The number of aromatic nitrogens is 1. The lowest BCUT2D eigenvalue weighted by Gasteiger charge is -2.14. The Kier molecular flexibility index (Phi) is 6.58. The molecular weight excluding hydrogens is 310 g/mol. The normalized spacial score (nSPS) is 20.0. The first-order chi connectivity index (χ1) is 10.0. The number of carbonyl (C=O) groups is 2. The van der Waals surface area contributed by atoms with E-state index in [-0.39, 0.29) is 36.4 Å². The summed E-state index contributed by atoms with van der Waals surface area (Å²) in [6.45, 7) is 2.33. The molecule has 0 bridgehead atoms. The van der Waals surface area contributed by atoms with Crippen molar-refractivity contribution < 1.29 is 19.1 Å². The fraction of sp³-hybridized carbons (Fsp3) is 0.500. The molecule has 0 unspecified atom stereocenters. The number of hydrogen-bond acceptors (Lipinski definition) is 6. The Balaban J connectivity index is 0.00000242. The second-order valence-corrected chi connectivity index (χ2v) is 4.92. The number of rotatable bonds is 4. The van der Waals surface area contributed by atoms with E-state index in [9.17, 15) is 9.59 Å². The highest BCUT2D eigenvalue weighted by molar-refractivity contribution is 5.97. The fourth-order valence-corrected chi connectivity index (χ4v) is 2.32. The number of pyridine rings is 1. The summed E-state index contributed by atoms with van der Waals surface area (Å²) in [5, 5.41) is 5.91. The maximum atomic E-state index is 12.3. The minimum atomic E-state index is -0.374. The van der Waals surface area contributed by atoms with Crippen molar-refractivity contribution in [2.45, 2.75) is 25.4 Å². The fourth-order valence-electron chi connectivity index (χ4n) is 2.32. The molecule has 1 fully saturated rings. The largest absolute Gasteiger partial charge is 0.494 e. The van der Waals surface area contributed by atoms with Gasteiger partial charge in [-0.25, -0.2) is 0 Å². The first-order valence-corrected chi connectivity index (χ1v) is 6.68. The van der Waals surface area contributed by atoms with Crippen LogP contribution < -0.4 is 15.4 Å². The van der Waals surface area contributed by atoms with Gasteiger partial charge in [0.05, 0.1) is 26.0 Å². The molecule has 1 saturated heterocycles. The number of hydrogen-bond donors (Lipinski definition) is 2. The summed E-state index contributed by atoms with van der Waals surface area (Å²) in [6.07, 6.45) is 2.03. The van der Waals surface area contributed by atoms with Gasteiger partial charge in [-0.2, -0.15) is 0 Å². The Morgan fingerprint density at radius 3 is 2.77 bits per heavy atom. The number of methoxy groups -OCH3 is 2. The number of nitrogens with one attached hydrogen (secondary N) is 2. The molecule has 7 nitrogen and oxygen atoms in total. The zero-order chi connectivity index (χ0) is 15.4. The smallest absolute Gasteiger partial charge is 0.322 e. The molecule has 0 radical (unpaired) electrons. The van der Waals surface area contributed by atoms with E-state index < -0.39 is 0 Å². The number of aryl methyl sites for hydroxylation is 1. The van der Waals surface area contributed by atoms with E-state index in [2.05, 4.69) is 20.4 Å². The molecule has 2 atom stereocenters. The van der Waals surface area contributed by atoms with Gasteiger partial charge in [-0.15, -0.1) is 12.4 Å². The van der Waals surface area contributed by atoms with Crippen LogP contribution in [0.4, 0.5) is 0 Å². The summed E-state index contributed by atoms with van der Waals surface area (Å²) in [5.41, 5.74) is 1.17. The van der Waals surface area contributed by atoms with Crippen LogP contribution in [0.1, 0.15) is 22.5 Å². The van der Waals surface area contributed by atoms with Crippen LogP contribution in [0.15, 0.2) is 12.3 Å². The van der Waals surface area contributed by atoms with Crippen LogP contribution in [0, 0.1) is 6.92 Å². The van der Waals surface area contributed by atoms with E-state index in [0.717, 1.165) is 5.69 Å². The van der Waals surface area contributed by atoms with Gasteiger partial charge < -0.3 is 20.1 Å². The van der Waals surface area contributed by atoms with Crippen molar-refractivity contribution >= 4 is 24.3 Å². The Morgan fingerprint density at radius 1 is 1.41 bits per heavy atom. The number of ether oxygens (including phenoxy) is 2. The van der Waals surface area contributed by atoms with Crippen LogP contribution in [-0.4, -0.2) is 49.7 Å². The van der Waals surface area contributed by atoms with Crippen molar-refractivity contribution in [3.05, 3.63) is 23.5 Å². The van der Waals surface area contributed by atoms with Crippen LogP contribution in [0.5, 0.6) is 5.75 Å². The van der Waals surface area contributed by atoms with Crippen molar-refractivity contribution in [3.8, 4) is 5.75 Å². The van der Waals surface area contributed by atoms with Crippen molar-refractivity contribution in [1.82, 2.24) is 15.6 Å². The third-order valence-electron chi connectivity index (χ3n) is 3.42. The summed E-state index contributed by atoms with van der Waals surface area (Å²) in [5.74, 6) is -0.132. The number of esters is 1. The Hall–Kier alpha value is -1.86. The molecule has 1 aromatic heterocycles. The van der Waals surface area contributed by atoms with E-state index in [1.807, 2.05) is 0 Å². The highest BCUT2D eigenvalue weighted by atomic mass is 35.5. The molecule has 1 aliphatic heterocycles. The van der Waals surface area contributed by atoms with Crippen molar-refractivity contribution in [3.63, 3.8) is 0 Å². The van der Waals surface area contributed by atoms with Crippen LogP contribution >= 0.6 is 12.4 Å². The van der Waals surface area contributed by atoms with E-state index in [1.165, 1.54) is 20.4 Å². The first-order valence-electron chi connectivity index (χ1n) is 6.68. The third-order valence-corrected chi connectivity index (χ3v) is 3.42. The molecule has 8 heteroatoms. The van der Waals surface area contributed by atoms with Gasteiger partial charge in [0.15, 0.2) is 0 Å². The minimum absolute atomic E-state index is 0. The lowest BCUT2D eigenvalue weighted by atomic mass is 10.1. The van der Waals surface area contributed by atoms with Crippen LogP contribution in [0.3, 0.4) is 0 Å². The zero-order valence-electron chi connectivity index (χ0n) is 12.7. The van der Waals surface area contributed by atoms with Gasteiger partial charge in [0.1, 0.15) is 11.8 Å². The topological polar surface area (TPSA) is 89.5 Å². The summed E-state index contributed by atoms with van der Waals surface area (Å²) in [4.78, 5) is 27.8. The second kappa shape index (κ2) is 7.95. The summed E-state index contributed by atoms with van der Waals surface area (Å²) in [7, 11) is 2.84. The van der Waals surface area contributed by atoms with E-state index in [0.29, 0.717) is 24.3 Å². The van der Waals surface area contributed by atoms with E-state index in [4.69, 9.17) is 4.74 Å². The van der Waals surface area contributed by atoms with E-state index >= 15 is 0 Å². The first kappa shape index (κ1) is 18.2. The van der Waals surface area contributed by atoms with Crippen molar-refractivity contribution in [1.29, 1.82) is 0 Å². The van der Waals surface area contributed by atoms with Gasteiger partial charge in [0.25, 0.3) is 5.91 Å². The van der Waals surface area contributed by atoms with Crippen LogP contribution in [0.25, 0.3) is 0 Å². The van der Waals surface area contributed by atoms with Crippen LogP contribution in [0.2, 0.25) is 0 Å². The Morgan fingerprint density at radius 2 is 2.14 bits per heavy atom. The molecule has 0 saturated carbocycles. The predicted molar refractivity (Wildman–Crippen MR) is 82.5 cm³/mol. The van der Waals surface area contributed by atoms with E-state index in [1.54, 1.807) is 13.0 Å². The number of carbonyl (C=O) groups excluding carboxylic acids is 2. The Bertz CT molecular complexity index is 553. The maximum Gasteiger partial charge on any atom is 0.322 e. The molecule has 0 aromatic carbocycles. The summed E-state index contributed by atoms with van der Waals surface area (Å²) >= 11 is 0. The van der Waals surface area contributed by atoms with Gasteiger partial charge in [-0.05, 0) is 19.4 Å². The molecule has 1 aromatic rings. The van der Waals surface area contributed by atoms with Crippen LogP contribution in [-0.2, 0) is 9.53 Å². The zero-order valence-corrected chi connectivity index (χ0v) is 13.5. The number of nitrogens with zero attached hydrogens (tertiary/aromatic N) is 1. The molecule has 2 rings (SSSR count). The van der Waals surface area contributed by atoms with Crippen molar-refractivity contribution in [2.75, 3.05) is 20.8 Å². The minimum Gasteiger partial charge on any atom is -0.494 e. The van der Waals surface area contributed by atoms with Gasteiger partial charge >= 0.3 is 5.97 Å². The summed E-state index contributed by atoms with van der Waals surface area (Å²) < 4.78 is 9.83. The molecule has 0 spiro atoms. The quantitative estimate of drug-likeness (QED) is 0.780. The molecule has 0 aliphatic carbocycles. The molecule has 1 aliphatic rings. The standard InChI is InChI=1S/C14H19N3O4.ClH/c1-8-4-10(12(20-2)7-15-8)13(18)17-9-5-11(16-6-9)14(19)21-3;/h4,7,9,11,16H,5-6H2,1-3H3,(H,17,18);1H/t9-,11-;/m0./s1. The van der Waals surface area contributed by atoms with Gasteiger partial charge in [0.2, 0.25) is 0 Å². The molecule has 122 valence electrons. The molecular formula is C14H20ClN3O4. The third kappa shape index (κ3) is 4.08. The average molecular weight is 330 g/mol. The van der Waals surface area contributed by atoms with Gasteiger partial charge in [-0.1, -0.05) is 0 Å². The Labute approximate surface area is 135 Å². The lowest BCUT2D eigenvalue weighted by molar-refractivity contribution is -0.142. The summed E-state index contributed by atoms with van der Waals surface area (Å²) in [6, 6.07) is 1.18. The SMILES string of the molecule is COC(=O)[C@@H]1C[C@H](NC(=O)c2cc(C)ncc2OC)CN1.Cl. The highest BCUT2D eigenvalue weighted by Crippen LogP contribution is 2.18. The second-order valence-electron chi connectivity index (χ2n) is 4.92. The highest BCUT2D eigenvalue weighted by Gasteiger charge is 2.31. The monoisotopic (exact) mass is 329 g/mol. The average Bonchev–Trinajstić information content (AvgIpc) is 2.94. The van der Waals surface area contributed by atoms with Gasteiger partial charge in [-0.3, -0.25) is 14.6 Å². The van der Waals surface area contributed by atoms with Crippen molar-refractivity contribution in [2.24, 2.45) is 0 Å². The van der Waals surface area contributed by atoms with Gasteiger partial charge in [0, 0.05) is 18.3 Å². The molecule has 2 heterocycles. The lowest BCUT2D eigenvalue weighted by Crippen LogP contribution is -2.36. The predicted octanol–water partition coefficient (Wildman–Crippen LogP) is 0.454. The number of amides is 1. The molecule has 2 N–H and O–H groups in total. The number of halogens is 1. The molecule has 22 heavy (non-hydrogen) atoms.